The van der Waals surface area contributed by atoms with E-state index in [1.54, 1.807) is 0 Å². The molecule has 3 N–H and O–H groups in total. The molecule has 1 aromatic carbocycles. The highest BCUT2D eigenvalue weighted by Crippen LogP contribution is 2.23. The van der Waals surface area contributed by atoms with Crippen LogP contribution < -0.4 is 10.5 Å². The predicted molar refractivity (Wildman–Crippen MR) is 69.2 cm³/mol. The maximum atomic E-state index is 11.9. The van der Waals surface area contributed by atoms with Crippen molar-refractivity contribution in [3.05, 3.63) is 28.3 Å². The Kier molecular flexibility index (Phi) is 5.21. The molecule has 0 unspecified atom stereocenters. The normalized spacial score (nSPS) is 11.4. The Bertz CT molecular complexity index is 558. The Morgan fingerprint density at radius 2 is 2.16 bits per heavy atom. The molecule has 0 saturated carbocycles. The summed E-state index contributed by atoms with van der Waals surface area (Å²) < 4.78 is 30.9. The highest BCUT2D eigenvalue weighted by Gasteiger charge is 2.19. The van der Waals surface area contributed by atoms with Gasteiger partial charge >= 0.3 is 0 Å². The van der Waals surface area contributed by atoms with Gasteiger partial charge in [-0.25, -0.2) is 13.1 Å². The van der Waals surface area contributed by atoms with Gasteiger partial charge in [-0.05, 0) is 12.5 Å². The molecule has 8 nitrogen and oxygen atoms in total. The lowest BCUT2D eigenvalue weighted by molar-refractivity contribution is -0.384. The fourth-order valence-electron chi connectivity index (χ4n) is 1.39. The molecule has 1 rings (SSSR count). The van der Waals surface area contributed by atoms with Gasteiger partial charge in [0.15, 0.2) is 0 Å². The SMILES string of the molecule is COCCCNS(=O)(=O)c1ccc([N+](=O)[O-])cc1N. The fraction of sp³-hybridized carbons (Fsp3) is 0.400. The summed E-state index contributed by atoms with van der Waals surface area (Å²) in [6.45, 7) is 0.630. The van der Waals surface area contributed by atoms with Crippen molar-refractivity contribution in [1.82, 2.24) is 4.72 Å². The second-order valence-corrected chi connectivity index (χ2v) is 5.46. The molecule has 0 atom stereocenters. The van der Waals surface area contributed by atoms with Gasteiger partial charge in [0.25, 0.3) is 5.69 Å². The summed E-state index contributed by atoms with van der Waals surface area (Å²) >= 11 is 0. The summed E-state index contributed by atoms with van der Waals surface area (Å²) in [7, 11) is -2.25. The molecule has 1 aromatic rings. The van der Waals surface area contributed by atoms with Crippen LogP contribution in [0.4, 0.5) is 11.4 Å². The van der Waals surface area contributed by atoms with Crippen molar-refractivity contribution < 1.29 is 18.1 Å². The summed E-state index contributed by atoms with van der Waals surface area (Å²) in [5.41, 5.74) is 5.11. The Hall–Kier alpha value is -1.71. The number of nitrogen functional groups attached to an aromatic ring is 1. The fourth-order valence-corrected chi connectivity index (χ4v) is 2.58. The van der Waals surface area contributed by atoms with E-state index in [2.05, 4.69) is 4.72 Å². The van der Waals surface area contributed by atoms with Crippen LogP contribution in [0.25, 0.3) is 0 Å². The van der Waals surface area contributed by atoms with Gasteiger partial charge in [-0.1, -0.05) is 0 Å². The second kappa shape index (κ2) is 6.45. The minimum Gasteiger partial charge on any atom is -0.397 e. The number of non-ortho nitro benzene ring substituents is 1. The Labute approximate surface area is 110 Å². The van der Waals surface area contributed by atoms with Gasteiger partial charge in [0, 0.05) is 32.4 Å². The molecule has 9 heteroatoms. The van der Waals surface area contributed by atoms with E-state index in [1.165, 1.54) is 7.11 Å². The number of ether oxygens (including phenoxy) is 1. The lowest BCUT2D eigenvalue weighted by atomic mass is 10.3. The van der Waals surface area contributed by atoms with E-state index in [-0.39, 0.29) is 22.8 Å². The molecule has 0 aliphatic heterocycles. The summed E-state index contributed by atoms with van der Waals surface area (Å²) in [5, 5.41) is 10.5. The summed E-state index contributed by atoms with van der Waals surface area (Å²) in [5.74, 6) is 0. The molecule has 0 fully saturated rings. The lowest BCUT2D eigenvalue weighted by Crippen LogP contribution is -2.26. The number of nitro groups is 1. The van der Waals surface area contributed by atoms with Crippen molar-refractivity contribution in [1.29, 1.82) is 0 Å². The van der Waals surface area contributed by atoms with Crippen molar-refractivity contribution in [2.24, 2.45) is 0 Å². The van der Waals surface area contributed by atoms with Crippen LogP contribution in [0, 0.1) is 10.1 Å². The molecule has 0 saturated heterocycles. The Morgan fingerprint density at radius 1 is 1.47 bits per heavy atom. The quantitative estimate of drug-likeness (QED) is 0.326. The van der Waals surface area contributed by atoms with E-state index in [1.807, 2.05) is 0 Å². The van der Waals surface area contributed by atoms with Crippen molar-refractivity contribution in [2.45, 2.75) is 11.3 Å². The van der Waals surface area contributed by atoms with Crippen molar-refractivity contribution in [3.63, 3.8) is 0 Å². The molecule has 106 valence electrons. The van der Waals surface area contributed by atoms with E-state index in [0.717, 1.165) is 18.2 Å². The first-order chi connectivity index (χ1) is 8.88. The van der Waals surface area contributed by atoms with Gasteiger partial charge in [0.05, 0.1) is 10.6 Å². The van der Waals surface area contributed by atoms with Gasteiger partial charge in [0.2, 0.25) is 10.0 Å². The van der Waals surface area contributed by atoms with Crippen LogP contribution in [0.5, 0.6) is 0 Å². The number of nitrogens with one attached hydrogen (secondary N) is 1. The number of methoxy groups -OCH3 is 1. The van der Waals surface area contributed by atoms with E-state index in [9.17, 15) is 18.5 Å². The van der Waals surface area contributed by atoms with Gasteiger partial charge in [0.1, 0.15) is 4.90 Å². The van der Waals surface area contributed by atoms with Gasteiger partial charge in [-0.2, -0.15) is 0 Å². The summed E-state index contributed by atoms with van der Waals surface area (Å²) in [4.78, 5) is 9.72. The first-order valence-electron chi connectivity index (χ1n) is 5.41. The summed E-state index contributed by atoms with van der Waals surface area (Å²) in [6, 6.07) is 3.23. The molecular formula is C10H15N3O5S. The molecule has 19 heavy (non-hydrogen) atoms. The van der Waals surface area contributed by atoms with Crippen LogP contribution in [0.15, 0.2) is 23.1 Å². The Balaban J connectivity index is 2.87. The third-order valence-corrected chi connectivity index (χ3v) is 3.85. The largest absolute Gasteiger partial charge is 0.397 e. The zero-order valence-corrected chi connectivity index (χ0v) is 11.1. The van der Waals surface area contributed by atoms with E-state index in [0.29, 0.717) is 13.0 Å². The number of anilines is 1. The molecule has 0 spiro atoms. The number of nitro benzene ring substituents is 1. The van der Waals surface area contributed by atoms with Crippen LogP contribution in [0.3, 0.4) is 0 Å². The molecule has 0 amide bonds. The molecule has 0 bridgehead atoms. The molecule has 0 aliphatic rings. The van der Waals surface area contributed by atoms with E-state index in [4.69, 9.17) is 10.5 Å². The van der Waals surface area contributed by atoms with Crippen LogP contribution in [0.1, 0.15) is 6.42 Å². The number of sulfonamides is 1. The molecule has 0 aliphatic carbocycles. The van der Waals surface area contributed by atoms with Crippen LogP contribution in [-0.4, -0.2) is 33.6 Å². The van der Waals surface area contributed by atoms with E-state index < -0.39 is 14.9 Å². The maximum Gasteiger partial charge on any atom is 0.271 e. The predicted octanol–water partition coefficient (Wildman–Crippen LogP) is 0.492. The maximum absolute atomic E-state index is 11.9. The first-order valence-corrected chi connectivity index (χ1v) is 6.89. The number of nitrogens with zero attached hydrogens (tertiary/aromatic N) is 1. The van der Waals surface area contributed by atoms with Gasteiger partial charge in [-0.15, -0.1) is 0 Å². The van der Waals surface area contributed by atoms with Crippen molar-refractivity contribution in [2.75, 3.05) is 26.0 Å². The lowest BCUT2D eigenvalue weighted by Gasteiger charge is -2.08. The van der Waals surface area contributed by atoms with Crippen molar-refractivity contribution >= 4 is 21.4 Å². The average Bonchev–Trinajstić information content (AvgIpc) is 2.34. The van der Waals surface area contributed by atoms with Crippen LogP contribution in [-0.2, 0) is 14.8 Å². The monoisotopic (exact) mass is 289 g/mol. The van der Waals surface area contributed by atoms with E-state index >= 15 is 0 Å². The number of nitrogens with two attached hydrogens (primary N) is 1. The standard InChI is InChI=1S/C10H15N3O5S/c1-18-6-2-5-12-19(16,17)10-4-3-8(13(14)15)7-9(10)11/h3-4,7,12H,2,5-6,11H2,1H3. The second-order valence-electron chi connectivity index (χ2n) is 3.72. The molecule has 0 heterocycles. The number of benzene rings is 1. The number of hydrogen-bond donors (Lipinski definition) is 2. The highest BCUT2D eigenvalue weighted by molar-refractivity contribution is 7.89. The third kappa shape index (κ3) is 4.16. The molecule has 0 radical (unpaired) electrons. The van der Waals surface area contributed by atoms with Gasteiger partial charge in [-0.3, -0.25) is 10.1 Å². The van der Waals surface area contributed by atoms with Crippen LogP contribution in [0.2, 0.25) is 0 Å². The van der Waals surface area contributed by atoms with Crippen LogP contribution >= 0.6 is 0 Å². The van der Waals surface area contributed by atoms with Gasteiger partial charge < -0.3 is 10.5 Å². The highest BCUT2D eigenvalue weighted by atomic mass is 32.2. The smallest absolute Gasteiger partial charge is 0.271 e. The molecule has 0 aromatic heterocycles. The minimum atomic E-state index is -3.77. The molecular weight excluding hydrogens is 274 g/mol. The minimum absolute atomic E-state index is 0.159. The zero-order chi connectivity index (χ0) is 14.5. The third-order valence-electron chi connectivity index (χ3n) is 2.31. The number of hydrogen-bond acceptors (Lipinski definition) is 6. The van der Waals surface area contributed by atoms with Crippen molar-refractivity contribution in [3.8, 4) is 0 Å². The number of rotatable bonds is 7. The topological polar surface area (TPSA) is 125 Å². The summed E-state index contributed by atoms with van der Waals surface area (Å²) in [6.07, 6.45) is 0.516. The Morgan fingerprint density at radius 3 is 2.68 bits per heavy atom. The first kappa shape index (κ1) is 15.3. The average molecular weight is 289 g/mol. The zero-order valence-electron chi connectivity index (χ0n) is 10.3.